The van der Waals surface area contributed by atoms with Gasteiger partial charge in [0.15, 0.2) is 0 Å². The van der Waals surface area contributed by atoms with Crippen LogP contribution in [-0.2, 0) is 4.79 Å². The number of aliphatic imine (C=N–C) groups is 1. The van der Waals surface area contributed by atoms with Crippen LogP contribution in [0.3, 0.4) is 0 Å². The Morgan fingerprint density at radius 2 is 1.74 bits per heavy atom. The molecule has 0 fully saturated rings. The van der Waals surface area contributed by atoms with Gasteiger partial charge in [0.25, 0.3) is 0 Å². The molecule has 31 heavy (non-hydrogen) atoms. The number of anilines is 2. The van der Waals surface area contributed by atoms with Gasteiger partial charge in [-0.2, -0.15) is 0 Å². The van der Waals surface area contributed by atoms with Gasteiger partial charge in [0.2, 0.25) is 5.91 Å². The van der Waals surface area contributed by atoms with E-state index in [9.17, 15) is 9.59 Å². The third-order valence-corrected chi connectivity index (χ3v) is 5.39. The van der Waals surface area contributed by atoms with E-state index >= 15 is 0 Å². The van der Waals surface area contributed by atoms with Crippen molar-refractivity contribution < 1.29 is 9.59 Å². The average Bonchev–Trinajstić information content (AvgIpc) is 3.12. The van der Waals surface area contributed by atoms with Gasteiger partial charge in [-0.15, -0.1) is 0 Å². The summed E-state index contributed by atoms with van der Waals surface area (Å²) in [6.07, 6.45) is 0. The molecule has 8 heteroatoms. The van der Waals surface area contributed by atoms with Crippen LogP contribution in [0.4, 0.5) is 16.2 Å². The Labute approximate surface area is 187 Å². The minimum Gasteiger partial charge on any atom is -0.358 e. The lowest BCUT2D eigenvalue weighted by Gasteiger charge is -2.38. The molecule has 3 N–H and O–H groups in total. The summed E-state index contributed by atoms with van der Waals surface area (Å²) in [6, 6.07) is 12.6. The molecule has 1 aliphatic rings. The van der Waals surface area contributed by atoms with Gasteiger partial charge in [-0.25, -0.2) is 4.79 Å². The summed E-state index contributed by atoms with van der Waals surface area (Å²) in [5.74, 6) is 0.609. The van der Waals surface area contributed by atoms with Crippen LogP contribution in [0.1, 0.15) is 26.3 Å². The molecule has 0 aliphatic carbocycles. The van der Waals surface area contributed by atoms with Gasteiger partial charge in [-0.05, 0) is 53.9 Å². The Balaban J connectivity index is 1.86. The molecular weight excluding hydrogens is 414 g/mol. The highest BCUT2D eigenvalue weighted by Crippen LogP contribution is 2.31. The SMILES string of the molecule is CN1CCN=C1c1ccc(NC(=O)C(N(C(N)=O)c2ccc(Cl)cc2)C(C)(C)C)cc1. The predicted molar refractivity (Wildman–Crippen MR) is 126 cm³/mol. The summed E-state index contributed by atoms with van der Waals surface area (Å²) in [6.45, 7) is 7.35. The summed E-state index contributed by atoms with van der Waals surface area (Å²) in [5, 5.41) is 3.46. The second kappa shape index (κ2) is 8.98. The van der Waals surface area contributed by atoms with Crippen molar-refractivity contribution in [1.29, 1.82) is 0 Å². The molecule has 0 radical (unpaired) electrons. The number of hydrogen-bond donors (Lipinski definition) is 2. The normalized spacial score (nSPS) is 14.7. The molecule has 0 bridgehead atoms. The summed E-state index contributed by atoms with van der Waals surface area (Å²) in [5.41, 5.74) is 7.24. The molecule has 0 spiro atoms. The minimum absolute atomic E-state index is 0.329. The monoisotopic (exact) mass is 441 g/mol. The summed E-state index contributed by atoms with van der Waals surface area (Å²) >= 11 is 5.98. The van der Waals surface area contributed by atoms with E-state index in [1.807, 2.05) is 52.1 Å². The molecule has 0 aromatic heterocycles. The third kappa shape index (κ3) is 5.17. The molecule has 1 heterocycles. The zero-order chi connectivity index (χ0) is 22.8. The zero-order valence-corrected chi connectivity index (χ0v) is 19.0. The Hall–Kier alpha value is -3.06. The van der Waals surface area contributed by atoms with Gasteiger partial charge < -0.3 is 16.0 Å². The number of nitrogens with one attached hydrogen (secondary N) is 1. The van der Waals surface area contributed by atoms with Gasteiger partial charge in [-0.1, -0.05) is 32.4 Å². The number of hydrogen-bond acceptors (Lipinski definition) is 4. The van der Waals surface area contributed by atoms with Crippen LogP contribution in [0, 0.1) is 5.41 Å². The number of carbonyl (C=O) groups excluding carboxylic acids is 2. The summed E-state index contributed by atoms with van der Waals surface area (Å²) in [7, 11) is 2.00. The van der Waals surface area contributed by atoms with Crippen molar-refractivity contribution in [2.24, 2.45) is 16.1 Å². The van der Waals surface area contributed by atoms with E-state index in [4.69, 9.17) is 17.3 Å². The smallest absolute Gasteiger partial charge is 0.320 e. The van der Waals surface area contributed by atoms with Gasteiger partial charge in [0, 0.05) is 35.6 Å². The first-order valence-electron chi connectivity index (χ1n) is 10.1. The number of primary amides is 1. The van der Waals surface area contributed by atoms with E-state index in [2.05, 4.69) is 15.2 Å². The van der Waals surface area contributed by atoms with Crippen molar-refractivity contribution in [3.63, 3.8) is 0 Å². The molecule has 1 atom stereocenters. The Morgan fingerprint density at radius 3 is 2.23 bits per heavy atom. The van der Waals surface area contributed by atoms with Crippen molar-refractivity contribution in [1.82, 2.24) is 4.90 Å². The Morgan fingerprint density at radius 1 is 1.13 bits per heavy atom. The van der Waals surface area contributed by atoms with Crippen LogP contribution in [-0.4, -0.2) is 48.9 Å². The second-order valence-electron chi connectivity index (χ2n) is 8.65. The molecule has 0 saturated heterocycles. The molecule has 2 aromatic carbocycles. The summed E-state index contributed by atoms with van der Waals surface area (Å²) in [4.78, 5) is 33.6. The van der Waals surface area contributed by atoms with E-state index in [0.29, 0.717) is 16.4 Å². The number of carbonyl (C=O) groups is 2. The fourth-order valence-electron chi connectivity index (χ4n) is 3.66. The lowest BCUT2D eigenvalue weighted by atomic mass is 9.84. The number of halogens is 1. The zero-order valence-electron chi connectivity index (χ0n) is 18.2. The molecular formula is C23H28ClN5O2. The number of likely N-dealkylation sites (N-methyl/N-ethyl adjacent to an activating group) is 1. The highest BCUT2D eigenvalue weighted by molar-refractivity contribution is 6.30. The van der Waals surface area contributed by atoms with Gasteiger partial charge in [0.05, 0.1) is 6.54 Å². The quantitative estimate of drug-likeness (QED) is 0.735. The van der Waals surface area contributed by atoms with E-state index < -0.39 is 17.5 Å². The van der Waals surface area contributed by atoms with Crippen LogP contribution in [0.2, 0.25) is 5.02 Å². The number of benzene rings is 2. The number of amides is 3. The largest absolute Gasteiger partial charge is 0.358 e. The highest BCUT2D eigenvalue weighted by atomic mass is 35.5. The van der Waals surface area contributed by atoms with E-state index in [1.54, 1.807) is 24.3 Å². The number of nitrogens with zero attached hydrogens (tertiary/aromatic N) is 3. The maximum atomic E-state index is 13.3. The number of nitrogens with two attached hydrogens (primary N) is 1. The standard InChI is InChI=1S/C23H28ClN5O2/c1-23(2,3)19(29(22(25)31)18-11-7-16(24)8-12-18)21(30)27-17-9-5-15(6-10-17)20-26-13-14-28(20)4/h5-12,19H,13-14H2,1-4H3,(H2,25,31)(H,27,30). The van der Waals surface area contributed by atoms with Gasteiger partial charge in [-0.3, -0.25) is 14.7 Å². The Kier molecular flexibility index (Phi) is 6.55. The van der Waals surface area contributed by atoms with E-state index in [1.165, 1.54) is 4.90 Å². The molecule has 164 valence electrons. The fraction of sp³-hybridized carbons (Fsp3) is 0.348. The van der Waals surface area contributed by atoms with Crippen molar-refractivity contribution in [3.8, 4) is 0 Å². The average molecular weight is 442 g/mol. The molecule has 3 amide bonds. The minimum atomic E-state index is -0.837. The fourth-order valence-corrected chi connectivity index (χ4v) is 3.79. The van der Waals surface area contributed by atoms with Crippen LogP contribution < -0.4 is 16.0 Å². The summed E-state index contributed by atoms with van der Waals surface area (Å²) < 4.78 is 0. The number of rotatable bonds is 5. The first kappa shape index (κ1) is 22.6. The Bertz CT molecular complexity index is 981. The molecule has 0 saturated carbocycles. The third-order valence-electron chi connectivity index (χ3n) is 5.14. The first-order valence-corrected chi connectivity index (χ1v) is 10.5. The lowest BCUT2D eigenvalue weighted by molar-refractivity contribution is -0.119. The topological polar surface area (TPSA) is 91.0 Å². The molecule has 1 aliphatic heterocycles. The van der Waals surface area contributed by atoms with Gasteiger partial charge >= 0.3 is 6.03 Å². The van der Waals surface area contributed by atoms with Crippen molar-refractivity contribution in [3.05, 3.63) is 59.1 Å². The van der Waals surface area contributed by atoms with Crippen LogP contribution in [0.25, 0.3) is 0 Å². The maximum absolute atomic E-state index is 13.3. The maximum Gasteiger partial charge on any atom is 0.320 e. The lowest BCUT2D eigenvalue weighted by Crippen LogP contribution is -2.56. The molecule has 3 rings (SSSR count). The molecule has 1 unspecified atom stereocenters. The van der Waals surface area contributed by atoms with E-state index in [-0.39, 0.29) is 5.91 Å². The number of urea groups is 1. The second-order valence-corrected chi connectivity index (χ2v) is 9.08. The van der Waals surface area contributed by atoms with Crippen LogP contribution in [0.15, 0.2) is 53.5 Å². The van der Waals surface area contributed by atoms with E-state index in [0.717, 1.165) is 24.5 Å². The predicted octanol–water partition coefficient (Wildman–Crippen LogP) is 3.97. The molecule has 2 aromatic rings. The van der Waals surface area contributed by atoms with Crippen LogP contribution >= 0.6 is 11.6 Å². The first-order chi connectivity index (χ1) is 14.6. The van der Waals surface area contributed by atoms with Crippen molar-refractivity contribution in [2.45, 2.75) is 26.8 Å². The number of amidine groups is 1. The molecule has 7 nitrogen and oxygen atoms in total. The van der Waals surface area contributed by atoms with Crippen LogP contribution in [0.5, 0.6) is 0 Å². The van der Waals surface area contributed by atoms with Crippen molar-refractivity contribution in [2.75, 3.05) is 30.4 Å². The van der Waals surface area contributed by atoms with Crippen molar-refractivity contribution >= 4 is 40.7 Å². The van der Waals surface area contributed by atoms with Gasteiger partial charge in [0.1, 0.15) is 11.9 Å². The highest BCUT2D eigenvalue weighted by Gasteiger charge is 2.39.